The molecule has 4 fully saturated rings. The zero-order valence-corrected chi connectivity index (χ0v) is 13.9. The van der Waals surface area contributed by atoms with Gasteiger partial charge < -0.3 is 9.88 Å². The van der Waals surface area contributed by atoms with Crippen molar-refractivity contribution in [2.45, 2.75) is 49.6 Å². The van der Waals surface area contributed by atoms with E-state index in [4.69, 9.17) is 0 Å². The van der Waals surface area contributed by atoms with E-state index in [0.717, 1.165) is 32.1 Å². The number of amides is 1. The topological polar surface area (TPSA) is 77.6 Å². The Balaban J connectivity index is 1.48. The van der Waals surface area contributed by atoms with Gasteiger partial charge >= 0.3 is 0 Å². The molecule has 126 valence electrons. The number of aromatic nitrogens is 5. The van der Waals surface area contributed by atoms with Crippen LogP contribution >= 0.6 is 0 Å². The van der Waals surface area contributed by atoms with Crippen molar-refractivity contribution in [3.05, 3.63) is 30.9 Å². The van der Waals surface area contributed by atoms with Gasteiger partial charge in [-0.25, -0.2) is 14.6 Å². The van der Waals surface area contributed by atoms with Gasteiger partial charge in [-0.05, 0) is 50.4 Å². The molecule has 2 aromatic rings. The molecule has 0 aliphatic heterocycles. The van der Waals surface area contributed by atoms with Crippen LogP contribution in [0.4, 0.5) is 0 Å². The largest absolute Gasteiger partial charge is 0.344 e. The summed E-state index contributed by atoms with van der Waals surface area (Å²) in [4.78, 5) is 21.1. The van der Waals surface area contributed by atoms with Gasteiger partial charge in [0.2, 0.25) is 0 Å². The first-order valence-electron chi connectivity index (χ1n) is 8.73. The maximum Gasteiger partial charge on any atom is 0.287 e. The van der Waals surface area contributed by atoms with Crippen LogP contribution in [-0.2, 0) is 12.6 Å². The van der Waals surface area contributed by atoms with Gasteiger partial charge in [0.1, 0.15) is 12.7 Å². The number of carbonyl (C=O) groups is 1. The minimum Gasteiger partial charge on any atom is -0.344 e. The summed E-state index contributed by atoms with van der Waals surface area (Å²) in [5, 5.41) is 7.83. The minimum absolute atomic E-state index is 0.0233. The third-order valence-electron chi connectivity index (χ3n) is 6.34. The summed E-state index contributed by atoms with van der Waals surface area (Å²) in [6.07, 6.45) is 13.7. The van der Waals surface area contributed by atoms with Crippen molar-refractivity contribution in [2.24, 2.45) is 18.9 Å². The summed E-state index contributed by atoms with van der Waals surface area (Å²) in [6.45, 7) is 0. The van der Waals surface area contributed by atoms with E-state index in [2.05, 4.69) is 25.1 Å². The molecule has 0 radical (unpaired) electrons. The van der Waals surface area contributed by atoms with E-state index < -0.39 is 0 Å². The molecule has 1 N–H and O–H groups in total. The van der Waals surface area contributed by atoms with Gasteiger partial charge in [-0.15, -0.1) is 0 Å². The number of imidazole rings is 1. The highest BCUT2D eigenvalue weighted by atomic mass is 16.2. The first-order valence-corrected chi connectivity index (χ1v) is 8.73. The van der Waals surface area contributed by atoms with Gasteiger partial charge in [0.05, 0.1) is 5.54 Å². The normalized spacial score (nSPS) is 36.9. The molecule has 0 spiro atoms. The highest BCUT2D eigenvalue weighted by Gasteiger charge is 2.59. The minimum atomic E-state index is -0.126. The Morgan fingerprint density at radius 3 is 2.71 bits per heavy atom. The number of nitrogens with zero attached hydrogens (tertiary/aromatic N) is 5. The average Bonchev–Trinajstić information content (AvgIpc) is 3.16. The molecule has 0 saturated heterocycles. The second-order valence-electron chi connectivity index (χ2n) is 8.12. The summed E-state index contributed by atoms with van der Waals surface area (Å²) in [6, 6.07) is 0. The molecule has 7 heteroatoms. The molecular weight excluding hydrogens is 304 g/mol. The number of hydrogen-bond donors (Lipinski definition) is 1. The van der Waals surface area contributed by atoms with Gasteiger partial charge in [0, 0.05) is 25.0 Å². The van der Waals surface area contributed by atoms with E-state index >= 15 is 0 Å². The Labute approximate surface area is 140 Å². The first-order chi connectivity index (χ1) is 11.6. The highest BCUT2D eigenvalue weighted by Crippen LogP contribution is 2.60. The number of aryl methyl sites for hydroxylation is 1. The summed E-state index contributed by atoms with van der Waals surface area (Å²) in [7, 11) is 1.86. The maximum atomic E-state index is 12.8. The monoisotopic (exact) mass is 326 g/mol. The lowest BCUT2D eigenvalue weighted by atomic mass is 9.50. The SMILES string of the molecule is Cn1ccnc1C(=O)NC12CC3CC(C1)CC(n1cncn1)(C3)C2. The molecule has 2 atom stereocenters. The summed E-state index contributed by atoms with van der Waals surface area (Å²) < 4.78 is 3.84. The maximum absolute atomic E-state index is 12.8. The predicted octanol–water partition coefficient (Wildman–Crippen LogP) is 1.49. The predicted molar refractivity (Wildman–Crippen MR) is 86.1 cm³/mol. The lowest BCUT2D eigenvalue weighted by Gasteiger charge is -2.61. The molecule has 1 amide bonds. The van der Waals surface area contributed by atoms with Gasteiger partial charge in [-0.3, -0.25) is 4.79 Å². The van der Waals surface area contributed by atoms with Crippen molar-refractivity contribution in [3.8, 4) is 0 Å². The number of hydrogen-bond acceptors (Lipinski definition) is 4. The van der Waals surface area contributed by atoms with E-state index in [0.29, 0.717) is 17.7 Å². The molecule has 2 aromatic heterocycles. The van der Waals surface area contributed by atoms with E-state index in [1.165, 1.54) is 6.42 Å². The van der Waals surface area contributed by atoms with E-state index in [-0.39, 0.29) is 17.0 Å². The fraction of sp³-hybridized carbons (Fsp3) is 0.647. The molecule has 2 unspecified atom stereocenters. The number of nitrogens with one attached hydrogen (secondary N) is 1. The Bertz CT molecular complexity index is 765. The van der Waals surface area contributed by atoms with Crippen LogP contribution in [0.2, 0.25) is 0 Å². The summed E-state index contributed by atoms with van der Waals surface area (Å²) in [5.74, 6) is 1.76. The van der Waals surface area contributed by atoms with Gasteiger partial charge in [-0.2, -0.15) is 5.10 Å². The van der Waals surface area contributed by atoms with Gasteiger partial charge in [-0.1, -0.05) is 0 Å². The Morgan fingerprint density at radius 1 is 1.29 bits per heavy atom. The third-order valence-corrected chi connectivity index (χ3v) is 6.34. The Morgan fingerprint density at radius 2 is 2.08 bits per heavy atom. The lowest BCUT2D eigenvalue weighted by Crippen LogP contribution is -2.66. The number of carbonyl (C=O) groups excluding carboxylic acids is 1. The average molecular weight is 326 g/mol. The van der Waals surface area contributed by atoms with Crippen molar-refractivity contribution in [1.82, 2.24) is 29.6 Å². The van der Waals surface area contributed by atoms with E-state index in [1.807, 2.05) is 19.6 Å². The van der Waals surface area contributed by atoms with Crippen molar-refractivity contribution < 1.29 is 4.79 Å². The quantitative estimate of drug-likeness (QED) is 0.927. The fourth-order valence-corrected chi connectivity index (χ4v) is 5.96. The van der Waals surface area contributed by atoms with Crippen LogP contribution in [0.1, 0.15) is 49.1 Å². The van der Waals surface area contributed by atoms with Crippen molar-refractivity contribution in [1.29, 1.82) is 0 Å². The molecule has 2 heterocycles. The Hall–Kier alpha value is -2.18. The van der Waals surface area contributed by atoms with E-state index in [9.17, 15) is 4.79 Å². The van der Waals surface area contributed by atoms with E-state index in [1.54, 1.807) is 17.1 Å². The zero-order valence-electron chi connectivity index (χ0n) is 13.9. The molecule has 24 heavy (non-hydrogen) atoms. The van der Waals surface area contributed by atoms with Crippen LogP contribution < -0.4 is 5.32 Å². The van der Waals surface area contributed by atoms with Gasteiger partial charge in [0.15, 0.2) is 5.82 Å². The second kappa shape index (κ2) is 4.68. The Kier molecular flexibility index (Phi) is 2.76. The van der Waals surface area contributed by atoms with Crippen LogP contribution in [0.15, 0.2) is 25.0 Å². The zero-order chi connectivity index (χ0) is 16.4. The van der Waals surface area contributed by atoms with Crippen LogP contribution in [0, 0.1) is 11.8 Å². The van der Waals surface area contributed by atoms with Crippen molar-refractivity contribution in [2.75, 3.05) is 0 Å². The first kappa shape index (κ1) is 14.2. The smallest absolute Gasteiger partial charge is 0.287 e. The summed E-state index contributed by atoms with van der Waals surface area (Å²) in [5.41, 5.74) is -0.103. The van der Waals surface area contributed by atoms with Crippen LogP contribution in [0.3, 0.4) is 0 Å². The van der Waals surface area contributed by atoms with Crippen molar-refractivity contribution in [3.63, 3.8) is 0 Å². The highest BCUT2D eigenvalue weighted by molar-refractivity contribution is 5.91. The molecular formula is C17H22N6O. The molecule has 0 aromatic carbocycles. The van der Waals surface area contributed by atoms with Gasteiger partial charge in [0.25, 0.3) is 5.91 Å². The second-order valence-corrected chi connectivity index (χ2v) is 8.12. The third kappa shape index (κ3) is 1.96. The fourth-order valence-electron chi connectivity index (χ4n) is 5.96. The molecule has 4 saturated carbocycles. The van der Waals surface area contributed by atoms with Crippen molar-refractivity contribution >= 4 is 5.91 Å². The standard InChI is InChI=1S/C17H22N6O/c1-22-3-2-19-14(22)15(24)21-16-5-12-4-13(6-16)8-17(7-12,9-16)23-11-18-10-20-23/h2-3,10-13H,4-9H2,1H3,(H,21,24). The summed E-state index contributed by atoms with van der Waals surface area (Å²) >= 11 is 0. The van der Waals surface area contributed by atoms with Crippen LogP contribution in [0.25, 0.3) is 0 Å². The molecule has 4 bridgehead atoms. The molecule has 6 rings (SSSR count). The molecule has 7 nitrogen and oxygen atoms in total. The van der Waals surface area contributed by atoms with Crippen LogP contribution in [0.5, 0.6) is 0 Å². The molecule has 4 aliphatic rings. The molecule has 4 aliphatic carbocycles. The van der Waals surface area contributed by atoms with Crippen LogP contribution in [-0.4, -0.2) is 35.8 Å². The lowest BCUT2D eigenvalue weighted by molar-refractivity contribution is -0.0745. The number of rotatable bonds is 3.